The number of nitrogens with zero attached hydrogens (tertiary/aromatic N) is 2. The Morgan fingerprint density at radius 2 is 1.76 bits per heavy atom. The molecule has 2 aromatic rings. The van der Waals surface area contributed by atoms with Crippen LogP contribution in [0.1, 0.15) is 12.0 Å². The van der Waals surface area contributed by atoms with Gasteiger partial charge in [-0.15, -0.1) is 0 Å². The fraction of sp³-hybridized carbons (Fsp3) is 0.364. The minimum Gasteiger partial charge on any atom is -0.497 e. The Morgan fingerprint density at radius 1 is 1.03 bits per heavy atom. The Morgan fingerprint density at radius 3 is 2.38 bits per heavy atom. The molecule has 154 valence electrons. The second-order valence-electron chi connectivity index (χ2n) is 6.91. The summed E-state index contributed by atoms with van der Waals surface area (Å²) in [6.07, 6.45) is 1.91. The van der Waals surface area contributed by atoms with E-state index in [1.807, 2.05) is 42.5 Å². The molecule has 1 N–H and O–H groups in total. The van der Waals surface area contributed by atoms with Gasteiger partial charge < -0.3 is 24.6 Å². The molecule has 2 amide bonds. The first kappa shape index (κ1) is 20.5. The third-order valence-corrected chi connectivity index (χ3v) is 5.09. The largest absolute Gasteiger partial charge is 0.497 e. The normalized spacial score (nSPS) is 13.7. The van der Waals surface area contributed by atoms with E-state index in [4.69, 9.17) is 9.47 Å². The van der Waals surface area contributed by atoms with E-state index in [9.17, 15) is 9.59 Å². The van der Waals surface area contributed by atoms with Gasteiger partial charge in [0.2, 0.25) is 12.3 Å². The van der Waals surface area contributed by atoms with Crippen molar-refractivity contribution in [1.29, 1.82) is 0 Å². The first-order valence-electron chi connectivity index (χ1n) is 9.68. The van der Waals surface area contributed by atoms with E-state index in [1.165, 1.54) is 0 Å². The van der Waals surface area contributed by atoms with Crippen LogP contribution >= 0.6 is 0 Å². The molecule has 0 bridgehead atoms. The quantitative estimate of drug-likeness (QED) is 0.693. The number of benzene rings is 2. The standard InChI is InChI=1S/C22H27N3O4/c1-28-19-7-3-17(4-8-19)5-10-22(27)23-20-15-18(6-9-21(20)29-2)25-13-11-24(16-26)12-14-25/h3-4,6-9,15-16H,5,10-14H2,1-2H3,(H,23,27). The number of ether oxygens (including phenoxy) is 2. The van der Waals surface area contributed by atoms with E-state index in [0.29, 0.717) is 37.4 Å². The van der Waals surface area contributed by atoms with Crippen molar-refractivity contribution in [2.75, 3.05) is 50.6 Å². The van der Waals surface area contributed by atoms with E-state index in [-0.39, 0.29) is 5.91 Å². The van der Waals surface area contributed by atoms with Crippen LogP contribution in [0.2, 0.25) is 0 Å². The molecule has 7 heteroatoms. The molecule has 0 aromatic heterocycles. The number of amides is 2. The molecule has 3 rings (SSSR count). The molecular formula is C22H27N3O4. The second kappa shape index (κ2) is 9.82. The Bertz CT molecular complexity index is 830. The van der Waals surface area contributed by atoms with Crippen LogP contribution in [0.15, 0.2) is 42.5 Å². The van der Waals surface area contributed by atoms with Crippen LogP contribution in [0.5, 0.6) is 11.5 Å². The molecule has 0 spiro atoms. The molecule has 1 saturated heterocycles. The van der Waals surface area contributed by atoms with E-state index >= 15 is 0 Å². The number of aryl methyl sites for hydroxylation is 1. The lowest BCUT2D eigenvalue weighted by Gasteiger charge is -2.34. The topological polar surface area (TPSA) is 71.1 Å². The monoisotopic (exact) mass is 397 g/mol. The smallest absolute Gasteiger partial charge is 0.224 e. The lowest BCUT2D eigenvalue weighted by Crippen LogP contribution is -2.45. The van der Waals surface area contributed by atoms with Crippen molar-refractivity contribution in [1.82, 2.24) is 4.90 Å². The van der Waals surface area contributed by atoms with Crippen LogP contribution in [0, 0.1) is 0 Å². The zero-order valence-corrected chi connectivity index (χ0v) is 16.9. The predicted molar refractivity (Wildman–Crippen MR) is 113 cm³/mol. The minimum atomic E-state index is -0.0676. The number of anilines is 2. The number of hydrogen-bond acceptors (Lipinski definition) is 5. The van der Waals surface area contributed by atoms with Crippen molar-refractivity contribution < 1.29 is 19.1 Å². The van der Waals surface area contributed by atoms with E-state index in [0.717, 1.165) is 36.5 Å². The van der Waals surface area contributed by atoms with Gasteiger partial charge in [0.05, 0.1) is 19.9 Å². The molecule has 1 aliphatic rings. The predicted octanol–water partition coefficient (Wildman–Crippen LogP) is 2.55. The maximum absolute atomic E-state index is 12.5. The molecule has 2 aromatic carbocycles. The van der Waals surface area contributed by atoms with Crippen molar-refractivity contribution >= 4 is 23.7 Å². The van der Waals surface area contributed by atoms with Crippen LogP contribution < -0.4 is 19.7 Å². The Balaban J connectivity index is 1.62. The number of piperazine rings is 1. The molecule has 0 unspecified atom stereocenters. The number of hydrogen-bond donors (Lipinski definition) is 1. The average molecular weight is 397 g/mol. The summed E-state index contributed by atoms with van der Waals surface area (Å²) in [7, 11) is 3.22. The van der Waals surface area contributed by atoms with Gasteiger partial charge in [0.1, 0.15) is 11.5 Å². The summed E-state index contributed by atoms with van der Waals surface area (Å²) in [5.74, 6) is 1.36. The SMILES string of the molecule is COc1ccc(CCC(=O)Nc2cc(N3CCN(C=O)CC3)ccc2OC)cc1. The summed E-state index contributed by atoms with van der Waals surface area (Å²) in [5, 5.41) is 2.97. The Hall–Kier alpha value is -3.22. The fourth-order valence-electron chi connectivity index (χ4n) is 3.34. The van der Waals surface area contributed by atoms with E-state index < -0.39 is 0 Å². The highest BCUT2D eigenvalue weighted by Gasteiger charge is 2.17. The molecule has 0 aliphatic carbocycles. The van der Waals surface area contributed by atoms with Gasteiger partial charge >= 0.3 is 0 Å². The number of methoxy groups -OCH3 is 2. The van der Waals surface area contributed by atoms with Crippen molar-refractivity contribution in [3.8, 4) is 11.5 Å². The molecule has 29 heavy (non-hydrogen) atoms. The number of carbonyl (C=O) groups excluding carboxylic acids is 2. The molecule has 0 radical (unpaired) electrons. The molecular weight excluding hydrogens is 370 g/mol. The van der Waals surface area contributed by atoms with Crippen molar-refractivity contribution in [3.05, 3.63) is 48.0 Å². The Kier molecular flexibility index (Phi) is 6.94. The van der Waals surface area contributed by atoms with E-state index in [2.05, 4.69) is 10.2 Å². The van der Waals surface area contributed by atoms with Crippen molar-refractivity contribution in [3.63, 3.8) is 0 Å². The molecule has 0 atom stereocenters. The van der Waals surface area contributed by atoms with Crippen molar-refractivity contribution in [2.24, 2.45) is 0 Å². The van der Waals surface area contributed by atoms with Gasteiger partial charge in [-0.2, -0.15) is 0 Å². The highest BCUT2D eigenvalue weighted by Crippen LogP contribution is 2.30. The van der Waals surface area contributed by atoms with Crippen LogP contribution in [-0.2, 0) is 16.0 Å². The second-order valence-corrected chi connectivity index (χ2v) is 6.91. The average Bonchev–Trinajstić information content (AvgIpc) is 2.78. The summed E-state index contributed by atoms with van der Waals surface area (Å²) in [5.41, 5.74) is 2.74. The summed E-state index contributed by atoms with van der Waals surface area (Å²) in [4.78, 5) is 27.4. The molecule has 0 saturated carbocycles. The Labute approximate surface area is 171 Å². The van der Waals surface area contributed by atoms with Crippen LogP contribution in [0.4, 0.5) is 11.4 Å². The third-order valence-electron chi connectivity index (χ3n) is 5.09. The van der Waals surface area contributed by atoms with Gasteiger partial charge in [-0.05, 0) is 42.3 Å². The van der Waals surface area contributed by atoms with Crippen LogP contribution in [-0.4, -0.2) is 57.6 Å². The summed E-state index contributed by atoms with van der Waals surface area (Å²) >= 11 is 0. The summed E-state index contributed by atoms with van der Waals surface area (Å²) < 4.78 is 10.6. The lowest BCUT2D eigenvalue weighted by atomic mass is 10.1. The molecule has 7 nitrogen and oxygen atoms in total. The summed E-state index contributed by atoms with van der Waals surface area (Å²) in [6, 6.07) is 13.5. The lowest BCUT2D eigenvalue weighted by molar-refractivity contribution is -0.118. The third kappa shape index (κ3) is 5.40. The fourth-order valence-corrected chi connectivity index (χ4v) is 3.34. The highest BCUT2D eigenvalue weighted by molar-refractivity contribution is 5.93. The number of rotatable bonds is 8. The first-order valence-corrected chi connectivity index (χ1v) is 9.68. The van der Waals surface area contributed by atoms with Gasteiger partial charge in [-0.1, -0.05) is 12.1 Å². The molecule has 1 heterocycles. The first-order chi connectivity index (χ1) is 14.1. The van der Waals surface area contributed by atoms with E-state index in [1.54, 1.807) is 19.1 Å². The van der Waals surface area contributed by atoms with Crippen molar-refractivity contribution in [2.45, 2.75) is 12.8 Å². The zero-order valence-electron chi connectivity index (χ0n) is 16.9. The van der Waals surface area contributed by atoms with Gasteiger partial charge in [0.25, 0.3) is 0 Å². The molecule has 1 aliphatic heterocycles. The number of carbonyl (C=O) groups is 2. The summed E-state index contributed by atoms with van der Waals surface area (Å²) in [6.45, 7) is 2.91. The van der Waals surface area contributed by atoms with Crippen LogP contribution in [0.3, 0.4) is 0 Å². The number of nitrogens with one attached hydrogen (secondary N) is 1. The minimum absolute atomic E-state index is 0.0676. The highest BCUT2D eigenvalue weighted by atomic mass is 16.5. The maximum atomic E-state index is 12.5. The van der Waals surface area contributed by atoms with Gasteiger partial charge in [-0.25, -0.2) is 0 Å². The van der Waals surface area contributed by atoms with Crippen LogP contribution in [0.25, 0.3) is 0 Å². The maximum Gasteiger partial charge on any atom is 0.224 e. The molecule has 1 fully saturated rings. The van der Waals surface area contributed by atoms with Gasteiger partial charge in [-0.3, -0.25) is 9.59 Å². The van der Waals surface area contributed by atoms with Gasteiger partial charge in [0, 0.05) is 38.3 Å². The zero-order chi connectivity index (χ0) is 20.6. The van der Waals surface area contributed by atoms with Gasteiger partial charge in [0.15, 0.2) is 0 Å².